The van der Waals surface area contributed by atoms with E-state index in [0.29, 0.717) is 5.75 Å². The van der Waals surface area contributed by atoms with E-state index in [-0.39, 0.29) is 5.02 Å². The summed E-state index contributed by atoms with van der Waals surface area (Å²) < 4.78 is 42.8. The van der Waals surface area contributed by atoms with Gasteiger partial charge in [-0.2, -0.15) is 0 Å². The zero-order valence-electron chi connectivity index (χ0n) is 13.3. The van der Waals surface area contributed by atoms with E-state index >= 15 is 0 Å². The Balaban J connectivity index is 1.90. The standard InChI is InChI=1S/C16H16ClFN2O4S/c1-2-11-3-6-13(7-4-11)24-10-16(21)19-20-25(22,23)15-8-5-12(17)9-14(15)18/h3-9,20H,2,10H2,1H3,(H,19,21). The number of carbonyl (C=O) groups is 1. The Hall–Kier alpha value is -2.16. The summed E-state index contributed by atoms with van der Waals surface area (Å²) in [5.41, 5.74) is 3.07. The fraction of sp³-hybridized carbons (Fsp3) is 0.188. The molecule has 0 saturated heterocycles. The molecule has 0 heterocycles. The summed E-state index contributed by atoms with van der Waals surface area (Å²) in [5.74, 6) is -1.29. The fourth-order valence-electron chi connectivity index (χ4n) is 1.88. The van der Waals surface area contributed by atoms with E-state index in [9.17, 15) is 17.6 Å². The van der Waals surface area contributed by atoms with Gasteiger partial charge >= 0.3 is 0 Å². The van der Waals surface area contributed by atoms with Crippen LogP contribution in [-0.2, 0) is 21.2 Å². The predicted molar refractivity (Wildman–Crippen MR) is 91.2 cm³/mol. The Labute approximate surface area is 150 Å². The number of hydrazine groups is 1. The Morgan fingerprint density at radius 1 is 1.20 bits per heavy atom. The third-order valence-corrected chi connectivity index (χ3v) is 4.73. The van der Waals surface area contributed by atoms with Gasteiger partial charge in [0.2, 0.25) is 0 Å². The molecule has 2 aromatic rings. The molecule has 0 aromatic heterocycles. The third-order valence-electron chi connectivity index (χ3n) is 3.21. The molecule has 2 N–H and O–H groups in total. The molecule has 0 aliphatic rings. The summed E-state index contributed by atoms with van der Waals surface area (Å²) in [5, 5.41) is 0.0583. The average molecular weight is 387 g/mol. The molecular weight excluding hydrogens is 371 g/mol. The molecule has 0 unspecified atom stereocenters. The molecule has 0 spiro atoms. The number of rotatable bonds is 7. The van der Waals surface area contributed by atoms with Gasteiger partial charge in [0.05, 0.1) is 0 Å². The molecule has 2 rings (SSSR count). The Bertz CT molecular complexity index is 857. The molecule has 0 radical (unpaired) electrons. The van der Waals surface area contributed by atoms with Gasteiger partial charge in [-0.15, -0.1) is 4.83 Å². The van der Waals surface area contributed by atoms with Crippen molar-refractivity contribution in [1.29, 1.82) is 0 Å². The van der Waals surface area contributed by atoms with Crippen molar-refractivity contribution in [2.75, 3.05) is 6.61 Å². The Kier molecular flexibility index (Phi) is 6.35. The summed E-state index contributed by atoms with van der Waals surface area (Å²) in [6.45, 7) is 1.61. The zero-order chi connectivity index (χ0) is 18.4. The molecule has 0 aliphatic carbocycles. The van der Waals surface area contributed by atoms with Crippen LogP contribution >= 0.6 is 11.6 Å². The van der Waals surface area contributed by atoms with Gasteiger partial charge in [-0.25, -0.2) is 12.8 Å². The highest BCUT2D eigenvalue weighted by atomic mass is 35.5. The fourth-order valence-corrected chi connectivity index (χ4v) is 2.96. The van der Waals surface area contributed by atoms with Gasteiger partial charge in [-0.1, -0.05) is 30.7 Å². The molecule has 2 aromatic carbocycles. The smallest absolute Gasteiger partial charge is 0.272 e. The molecule has 0 atom stereocenters. The Morgan fingerprint density at radius 2 is 1.88 bits per heavy atom. The van der Waals surface area contributed by atoms with Crippen LogP contribution in [0.4, 0.5) is 4.39 Å². The molecule has 6 nitrogen and oxygen atoms in total. The maximum Gasteiger partial charge on any atom is 0.272 e. The van der Waals surface area contributed by atoms with E-state index in [0.717, 1.165) is 24.1 Å². The minimum atomic E-state index is -4.27. The minimum Gasteiger partial charge on any atom is -0.484 e. The van der Waals surface area contributed by atoms with Crippen molar-refractivity contribution < 1.29 is 22.3 Å². The molecule has 1 amide bonds. The van der Waals surface area contributed by atoms with Crippen LogP contribution in [0.5, 0.6) is 5.75 Å². The van der Waals surface area contributed by atoms with Crippen molar-refractivity contribution in [3.8, 4) is 5.75 Å². The number of benzene rings is 2. The van der Waals surface area contributed by atoms with E-state index in [1.165, 1.54) is 6.07 Å². The van der Waals surface area contributed by atoms with Gasteiger partial charge in [0, 0.05) is 5.02 Å². The lowest BCUT2D eigenvalue weighted by Crippen LogP contribution is -2.43. The summed E-state index contributed by atoms with van der Waals surface area (Å²) in [4.78, 5) is 12.8. The van der Waals surface area contributed by atoms with Crippen molar-refractivity contribution in [3.63, 3.8) is 0 Å². The second-order valence-electron chi connectivity index (χ2n) is 5.01. The highest BCUT2D eigenvalue weighted by Crippen LogP contribution is 2.18. The number of sulfonamides is 1. The average Bonchev–Trinajstić information content (AvgIpc) is 2.58. The maximum absolute atomic E-state index is 13.7. The monoisotopic (exact) mass is 386 g/mol. The summed E-state index contributed by atoms with van der Waals surface area (Å²) in [6, 6.07) is 10.2. The number of carbonyl (C=O) groups excluding carboxylic acids is 1. The van der Waals surface area contributed by atoms with Crippen LogP contribution in [0.2, 0.25) is 5.02 Å². The highest BCUT2D eigenvalue weighted by molar-refractivity contribution is 7.89. The second kappa shape index (κ2) is 8.28. The van der Waals surface area contributed by atoms with Crippen LogP contribution in [0, 0.1) is 5.82 Å². The van der Waals surface area contributed by atoms with Crippen LogP contribution in [0.3, 0.4) is 0 Å². The molecule has 9 heteroatoms. The van der Waals surface area contributed by atoms with Crippen molar-refractivity contribution in [1.82, 2.24) is 10.3 Å². The lowest BCUT2D eigenvalue weighted by atomic mass is 10.2. The number of hydrogen-bond acceptors (Lipinski definition) is 4. The largest absolute Gasteiger partial charge is 0.484 e. The minimum absolute atomic E-state index is 0.0583. The van der Waals surface area contributed by atoms with Crippen LogP contribution in [0.1, 0.15) is 12.5 Å². The topological polar surface area (TPSA) is 84.5 Å². The van der Waals surface area contributed by atoms with Gasteiger partial charge in [0.25, 0.3) is 15.9 Å². The van der Waals surface area contributed by atoms with Gasteiger partial charge < -0.3 is 4.74 Å². The summed E-state index contributed by atoms with van der Waals surface area (Å²) >= 11 is 5.57. The van der Waals surface area contributed by atoms with Crippen molar-refractivity contribution in [2.45, 2.75) is 18.2 Å². The first-order valence-corrected chi connectivity index (χ1v) is 9.15. The molecule has 0 bridgehead atoms. The predicted octanol–water partition coefficient (Wildman–Crippen LogP) is 2.43. The number of ether oxygens (including phenoxy) is 1. The van der Waals surface area contributed by atoms with Gasteiger partial charge in [0.15, 0.2) is 6.61 Å². The van der Waals surface area contributed by atoms with Gasteiger partial charge in [-0.05, 0) is 42.3 Å². The number of halogens is 2. The number of nitrogens with one attached hydrogen (secondary N) is 2. The van der Waals surface area contributed by atoms with Crippen LogP contribution in [-0.4, -0.2) is 20.9 Å². The lowest BCUT2D eigenvalue weighted by molar-refractivity contribution is -0.123. The maximum atomic E-state index is 13.7. The second-order valence-corrected chi connectivity index (χ2v) is 7.10. The molecule has 0 saturated carbocycles. The first-order chi connectivity index (χ1) is 11.8. The first kappa shape index (κ1) is 19.2. The van der Waals surface area contributed by atoms with Gasteiger partial charge in [0.1, 0.15) is 16.5 Å². The molecule has 25 heavy (non-hydrogen) atoms. The number of hydrogen-bond donors (Lipinski definition) is 2. The lowest BCUT2D eigenvalue weighted by Gasteiger charge is -2.10. The van der Waals surface area contributed by atoms with Crippen molar-refractivity contribution >= 4 is 27.5 Å². The summed E-state index contributed by atoms with van der Waals surface area (Å²) in [6.07, 6.45) is 0.879. The van der Waals surface area contributed by atoms with Crippen molar-refractivity contribution in [3.05, 3.63) is 58.9 Å². The van der Waals surface area contributed by atoms with E-state index < -0.39 is 33.3 Å². The van der Waals surface area contributed by atoms with E-state index in [1.807, 2.05) is 24.5 Å². The van der Waals surface area contributed by atoms with E-state index in [2.05, 4.69) is 0 Å². The quantitative estimate of drug-likeness (QED) is 0.716. The van der Waals surface area contributed by atoms with E-state index in [4.69, 9.17) is 16.3 Å². The van der Waals surface area contributed by atoms with E-state index in [1.54, 1.807) is 17.0 Å². The molecule has 134 valence electrons. The third kappa shape index (κ3) is 5.42. The molecule has 0 aliphatic heterocycles. The highest BCUT2D eigenvalue weighted by Gasteiger charge is 2.20. The number of amides is 1. The van der Waals surface area contributed by atoms with Crippen LogP contribution < -0.4 is 15.0 Å². The first-order valence-electron chi connectivity index (χ1n) is 7.29. The SMILES string of the molecule is CCc1ccc(OCC(=O)NNS(=O)(=O)c2ccc(Cl)cc2F)cc1. The zero-order valence-corrected chi connectivity index (χ0v) is 14.8. The normalized spacial score (nSPS) is 11.2. The van der Waals surface area contributed by atoms with Crippen LogP contribution in [0.15, 0.2) is 47.4 Å². The van der Waals surface area contributed by atoms with Crippen LogP contribution in [0.25, 0.3) is 0 Å². The molecular formula is C16H16ClFN2O4S. The number of aryl methyl sites for hydroxylation is 1. The van der Waals surface area contributed by atoms with Crippen molar-refractivity contribution in [2.24, 2.45) is 0 Å². The van der Waals surface area contributed by atoms with Gasteiger partial charge in [-0.3, -0.25) is 10.2 Å². The summed E-state index contributed by atoms with van der Waals surface area (Å²) in [7, 11) is -4.27. The Morgan fingerprint density at radius 3 is 2.48 bits per heavy atom. The molecule has 0 fully saturated rings.